The van der Waals surface area contributed by atoms with Gasteiger partial charge in [0, 0.05) is 11.8 Å². The topological polar surface area (TPSA) is 92.9 Å². The van der Waals surface area contributed by atoms with Crippen LogP contribution in [0.15, 0.2) is 18.2 Å². The maximum Gasteiger partial charge on any atom is 0.423 e. The molecule has 1 saturated heterocycles. The average Bonchev–Trinajstić information content (AvgIpc) is 2.79. The molecule has 22 heavy (non-hydrogen) atoms. The zero-order valence-corrected chi connectivity index (χ0v) is 11.2. The van der Waals surface area contributed by atoms with Gasteiger partial charge in [-0.3, -0.25) is 10.1 Å². The van der Waals surface area contributed by atoms with E-state index in [2.05, 4.69) is 0 Å². The fraction of sp³-hybridized carbons (Fsp3) is 0.417. The van der Waals surface area contributed by atoms with Gasteiger partial charge in [0.2, 0.25) is 0 Å². The van der Waals surface area contributed by atoms with Crippen LogP contribution in [0.1, 0.15) is 12.5 Å². The molecule has 1 aromatic carbocycles. The number of ether oxygens (including phenoxy) is 1. The average molecular weight is 320 g/mol. The maximum absolute atomic E-state index is 12.9. The number of nitrogens with zero attached hydrogens (tertiary/aromatic N) is 2. The Morgan fingerprint density at radius 1 is 1.50 bits per heavy atom. The van der Waals surface area contributed by atoms with Crippen LogP contribution in [0.25, 0.3) is 0 Å². The van der Waals surface area contributed by atoms with E-state index in [1.807, 2.05) is 0 Å². The lowest BCUT2D eigenvalue weighted by Gasteiger charge is -2.22. The Balaban J connectivity index is 2.41. The van der Waals surface area contributed by atoms with Crippen LogP contribution in [0.4, 0.5) is 24.5 Å². The molecule has 0 radical (unpaired) electrons. The molecule has 0 bridgehead atoms. The van der Waals surface area contributed by atoms with Crippen LogP contribution in [0.5, 0.6) is 0 Å². The smallest absolute Gasteiger partial charge is 0.423 e. The predicted octanol–water partition coefficient (Wildman–Crippen LogP) is 2.25. The molecule has 1 N–H and O–H groups in total. The zero-order valence-electron chi connectivity index (χ0n) is 11.2. The highest BCUT2D eigenvalue weighted by Gasteiger charge is 2.40. The zero-order chi connectivity index (χ0) is 16.7. The fourth-order valence-electron chi connectivity index (χ4n) is 2.22. The lowest BCUT2D eigenvalue weighted by molar-refractivity contribution is -0.388. The Hall–Kier alpha value is -2.36. The van der Waals surface area contributed by atoms with Crippen molar-refractivity contribution < 1.29 is 32.7 Å². The van der Waals surface area contributed by atoms with Gasteiger partial charge in [0.15, 0.2) is 6.10 Å². The Kier molecular flexibility index (Phi) is 3.96. The van der Waals surface area contributed by atoms with Gasteiger partial charge in [0.05, 0.1) is 11.5 Å². The summed E-state index contributed by atoms with van der Waals surface area (Å²) in [6.07, 6.45) is -6.82. The number of nitro groups is 1. The predicted molar refractivity (Wildman–Crippen MR) is 67.4 cm³/mol. The molecule has 120 valence electrons. The van der Waals surface area contributed by atoms with Gasteiger partial charge in [-0.2, -0.15) is 13.2 Å². The quantitative estimate of drug-likeness (QED) is 0.678. The molecule has 1 heterocycles. The van der Waals surface area contributed by atoms with Gasteiger partial charge in [0.25, 0.3) is 5.69 Å². The molecular weight excluding hydrogens is 309 g/mol. The summed E-state index contributed by atoms with van der Waals surface area (Å²) in [4.78, 5) is 21.8. The first-order valence-electron chi connectivity index (χ1n) is 6.12. The number of carboxylic acid groups (broad SMARTS) is 1. The summed E-state index contributed by atoms with van der Waals surface area (Å²) in [5, 5.41) is 19.6. The number of rotatable bonds is 3. The van der Waals surface area contributed by atoms with Crippen LogP contribution >= 0.6 is 0 Å². The Morgan fingerprint density at radius 2 is 2.14 bits per heavy atom. The molecule has 7 nitrogen and oxygen atoms in total. The molecule has 0 unspecified atom stereocenters. The van der Waals surface area contributed by atoms with Crippen molar-refractivity contribution >= 4 is 17.3 Å². The van der Waals surface area contributed by atoms with Gasteiger partial charge >= 0.3 is 12.1 Å². The highest BCUT2D eigenvalue weighted by atomic mass is 19.4. The summed E-state index contributed by atoms with van der Waals surface area (Å²) in [5.74, 6) is -1.23. The van der Waals surface area contributed by atoms with Crippen LogP contribution in [-0.4, -0.2) is 34.9 Å². The molecule has 0 spiro atoms. The minimum absolute atomic E-state index is 0.00850. The summed E-state index contributed by atoms with van der Waals surface area (Å²) in [6.45, 7) is 1.34. The maximum atomic E-state index is 12.9. The highest BCUT2D eigenvalue weighted by Crippen LogP contribution is 2.39. The lowest BCUT2D eigenvalue weighted by atomic mass is 10.1. The van der Waals surface area contributed by atoms with E-state index in [9.17, 15) is 28.1 Å². The third-order valence-electron chi connectivity index (χ3n) is 3.25. The summed E-state index contributed by atoms with van der Waals surface area (Å²) in [5.41, 5.74) is -2.44. The van der Waals surface area contributed by atoms with Crippen LogP contribution in [-0.2, 0) is 15.7 Å². The van der Waals surface area contributed by atoms with Gasteiger partial charge < -0.3 is 14.7 Å². The standard InChI is InChI=1S/C12H11F3N2O5/c1-6-16(5-10(22-6)11(18)19)7-2-3-9(17(20)21)8(4-7)12(13,14)15/h2-4,6,10H,5H2,1H3,(H,18,19)/t6-,10+/m1/s1. The summed E-state index contributed by atoms with van der Waals surface area (Å²) in [7, 11) is 0. The molecule has 0 aliphatic carbocycles. The normalized spacial score (nSPS) is 21.9. The first-order chi connectivity index (χ1) is 10.1. The van der Waals surface area contributed by atoms with Crippen LogP contribution in [0.2, 0.25) is 0 Å². The number of hydrogen-bond donors (Lipinski definition) is 1. The lowest BCUT2D eigenvalue weighted by Crippen LogP contribution is -2.29. The minimum Gasteiger partial charge on any atom is -0.479 e. The number of anilines is 1. The van der Waals surface area contributed by atoms with Crippen LogP contribution in [0, 0.1) is 10.1 Å². The van der Waals surface area contributed by atoms with E-state index in [1.165, 1.54) is 11.8 Å². The second-order valence-corrected chi connectivity index (χ2v) is 4.67. The Bertz CT molecular complexity index is 619. The van der Waals surface area contributed by atoms with E-state index in [0.29, 0.717) is 6.07 Å². The summed E-state index contributed by atoms with van der Waals surface area (Å²) in [6, 6.07) is 2.51. The molecule has 1 aliphatic heterocycles. The van der Waals surface area contributed by atoms with Gasteiger partial charge in [-0.15, -0.1) is 0 Å². The van der Waals surface area contributed by atoms with Crippen molar-refractivity contribution in [2.75, 3.05) is 11.4 Å². The van der Waals surface area contributed by atoms with Crippen molar-refractivity contribution in [2.45, 2.75) is 25.4 Å². The second kappa shape index (κ2) is 5.44. The molecule has 1 aromatic rings. The molecule has 2 atom stereocenters. The van der Waals surface area contributed by atoms with Crippen LogP contribution < -0.4 is 4.90 Å². The third-order valence-corrected chi connectivity index (χ3v) is 3.25. The Labute approximate surface area is 122 Å². The van der Waals surface area contributed by atoms with E-state index in [-0.39, 0.29) is 12.2 Å². The molecule has 0 amide bonds. The number of carbonyl (C=O) groups is 1. The molecule has 0 saturated carbocycles. The molecule has 2 rings (SSSR count). The number of aliphatic carboxylic acids is 1. The first-order valence-corrected chi connectivity index (χ1v) is 6.12. The Morgan fingerprint density at radius 3 is 2.59 bits per heavy atom. The van der Waals surface area contributed by atoms with Gasteiger partial charge in [-0.25, -0.2) is 4.79 Å². The van der Waals surface area contributed by atoms with Crippen molar-refractivity contribution in [3.63, 3.8) is 0 Å². The van der Waals surface area contributed by atoms with Crippen LogP contribution in [0.3, 0.4) is 0 Å². The summed E-state index contributed by atoms with van der Waals surface area (Å²) >= 11 is 0. The van der Waals surface area contributed by atoms with Gasteiger partial charge in [-0.05, 0) is 19.1 Å². The highest BCUT2D eigenvalue weighted by molar-refractivity contribution is 5.74. The first kappa shape index (κ1) is 16.0. The molecule has 0 aromatic heterocycles. The van der Waals surface area contributed by atoms with Crippen molar-refractivity contribution in [3.05, 3.63) is 33.9 Å². The van der Waals surface area contributed by atoms with Crippen molar-refractivity contribution in [2.24, 2.45) is 0 Å². The minimum atomic E-state index is -4.89. The number of nitro benzene ring substituents is 1. The van der Waals surface area contributed by atoms with E-state index in [0.717, 1.165) is 12.1 Å². The van der Waals surface area contributed by atoms with Gasteiger partial charge in [0.1, 0.15) is 11.8 Å². The molecule has 1 fully saturated rings. The van der Waals surface area contributed by atoms with Crippen molar-refractivity contribution in [1.29, 1.82) is 0 Å². The third kappa shape index (κ3) is 2.96. The molecule has 10 heteroatoms. The van der Waals surface area contributed by atoms with Crippen molar-refractivity contribution in [3.8, 4) is 0 Å². The van der Waals surface area contributed by atoms with Crippen molar-refractivity contribution in [1.82, 2.24) is 0 Å². The van der Waals surface area contributed by atoms with E-state index < -0.39 is 40.7 Å². The summed E-state index contributed by atoms with van der Waals surface area (Å²) < 4.78 is 43.9. The van der Waals surface area contributed by atoms with E-state index >= 15 is 0 Å². The largest absolute Gasteiger partial charge is 0.479 e. The van der Waals surface area contributed by atoms with Gasteiger partial charge in [-0.1, -0.05) is 0 Å². The SMILES string of the molecule is C[C@H]1O[C@H](C(=O)O)CN1c1ccc([N+](=O)[O-])c(C(F)(F)F)c1. The molecule has 1 aliphatic rings. The monoisotopic (exact) mass is 320 g/mol. The van der Waals surface area contributed by atoms with E-state index in [4.69, 9.17) is 9.84 Å². The number of benzene rings is 1. The van der Waals surface area contributed by atoms with E-state index in [1.54, 1.807) is 0 Å². The number of halogens is 3. The number of alkyl halides is 3. The number of carboxylic acids is 1. The second-order valence-electron chi connectivity index (χ2n) is 4.67. The molecular formula is C12H11F3N2O5. The number of hydrogen-bond acceptors (Lipinski definition) is 5. The fourth-order valence-corrected chi connectivity index (χ4v) is 2.22.